The molecule has 0 aliphatic carbocycles. The number of benzene rings is 2. The molecule has 1 fully saturated rings. The molecule has 3 aromatic rings. The van der Waals surface area contributed by atoms with Crippen molar-refractivity contribution in [2.45, 2.75) is 25.0 Å². The van der Waals surface area contributed by atoms with Crippen LogP contribution in [0.2, 0.25) is 0 Å². The van der Waals surface area contributed by atoms with Crippen LogP contribution in [0.15, 0.2) is 59.2 Å². The summed E-state index contributed by atoms with van der Waals surface area (Å²) in [6.45, 7) is 1.73. The summed E-state index contributed by atoms with van der Waals surface area (Å²) in [6, 6.07) is 13.9. The molecule has 2 atom stereocenters. The molecule has 0 unspecified atom stereocenters. The van der Waals surface area contributed by atoms with Gasteiger partial charge in [0.25, 0.3) is 0 Å². The summed E-state index contributed by atoms with van der Waals surface area (Å²) in [4.78, 5) is 17.1. The summed E-state index contributed by atoms with van der Waals surface area (Å²) in [6.07, 6.45) is 2.06. The van der Waals surface area contributed by atoms with Crippen molar-refractivity contribution < 1.29 is 32.0 Å². The van der Waals surface area contributed by atoms with E-state index in [1.807, 2.05) is 30.3 Å². The fourth-order valence-electron chi connectivity index (χ4n) is 4.30. The molecule has 1 saturated heterocycles. The molecule has 1 amide bonds. The highest BCUT2D eigenvalue weighted by Crippen LogP contribution is 2.28. The SMILES string of the molecule is CN(C(=O)Cc1cccc2occc12)[C@H](CN1CC[C@@H](O)C1)c1cccc(OCS(=O)(=O)O)c1. The van der Waals surface area contributed by atoms with E-state index in [1.54, 1.807) is 36.4 Å². The fourth-order valence-corrected chi connectivity index (χ4v) is 4.59. The van der Waals surface area contributed by atoms with Crippen molar-refractivity contribution in [1.82, 2.24) is 9.80 Å². The average molecular weight is 489 g/mol. The summed E-state index contributed by atoms with van der Waals surface area (Å²) in [5, 5.41) is 10.9. The van der Waals surface area contributed by atoms with Crippen molar-refractivity contribution in [3.05, 3.63) is 65.9 Å². The van der Waals surface area contributed by atoms with Gasteiger partial charge in [-0.2, -0.15) is 8.42 Å². The third-order valence-electron chi connectivity index (χ3n) is 6.08. The standard InChI is InChI=1S/C24H28N2O7S/c1-25(24(28)13-17-4-3-7-23-21(17)9-11-32-23)22(15-26-10-8-19(27)14-26)18-5-2-6-20(12-18)33-16-34(29,30)31/h2-7,9,11-12,19,22,27H,8,10,13-16H2,1H3,(H,29,30,31)/t19-,22-/m1/s1. The van der Waals surface area contributed by atoms with Crippen LogP contribution in [0.5, 0.6) is 5.75 Å². The first kappa shape index (κ1) is 24.2. The first-order chi connectivity index (χ1) is 16.2. The number of amides is 1. The molecule has 4 rings (SSSR count). The summed E-state index contributed by atoms with van der Waals surface area (Å²) in [7, 11) is -2.55. The molecule has 1 aliphatic rings. The van der Waals surface area contributed by atoms with Crippen molar-refractivity contribution in [3.63, 3.8) is 0 Å². The largest absolute Gasteiger partial charge is 0.475 e. The van der Waals surface area contributed by atoms with E-state index in [1.165, 1.54) is 0 Å². The Balaban J connectivity index is 1.57. The molecule has 10 heteroatoms. The van der Waals surface area contributed by atoms with Crippen LogP contribution in [0, 0.1) is 0 Å². The van der Waals surface area contributed by atoms with Crippen molar-refractivity contribution in [2.24, 2.45) is 0 Å². The summed E-state index contributed by atoms with van der Waals surface area (Å²) < 4.78 is 41.8. The van der Waals surface area contributed by atoms with Crippen LogP contribution < -0.4 is 4.74 Å². The third-order valence-corrected chi connectivity index (χ3v) is 6.50. The second kappa shape index (κ2) is 10.1. The summed E-state index contributed by atoms with van der Waals surface area (Å²) in [5.74, 6) is -0.684. The minimum absolute atomic E-state index is 0.0947. The highest BCUT2D eigenvalue weighted by molar-refractivity contribution is 7.85. The van der Waals surface area contributed by atoms with E-state index in [4.69, 9.17) is 13.7 Å². The maximum absolute atomic E-state index is 13.4. The molecular weight excluding hydrogens is 460 g/mol. The smallest absolute Gasteiger partial charge is 0.300 e. The van der Waals surface area contributed by atoms with E-state index in [-0.39, 0.29) is 24.1 Å². The Morgan fingerprint density at radius 3 is 2.79 bits per heavy atom. The fraction of sp³-hybridized carbons (Fsp3) is 0.375. The van der Waals surface area contributed by atoms with Gasteiger partial charge in [-0.25, -0.2) is 0 Å². The molecule has 2 aromatic carbocycles. The number of nitrogens with zero attached hydrogens (tertiary/aromatic N) is 2. The molecular formula is C24H28N2O7S. The highest BCUT2D eigenvalue weighted by Gasteiger charge is 2.28. The average Bonchev–Trinajstić information content (AvgIpc) is 3.44. The van der Waals surface area contributed by atoms with E-state index in [2.05, 4.69) is 4.90 Å². The molecule has 2 heterocycles. The van der Waals surface area contributed by atoms with Crippen LogP contribution in [-0.2, 0) is 21.3 Å². The van der Waals surface area contributed by atoms with E-state index in [0.29, 0.717) is 26.1 Å². The van der Waals surface area contributed by atoms with Crippen LogP contribution in [0.25, 0.3) is 11.0 Å². The lowest BCUT2D eigenvalue weighted by atomic mass is 10.0. The lowest BCUT2D eigenvalue weighted by Crippen LogP contribution is -2.39. The zero-order valence-electron chi connectivity index (χ0n) is 18.8. The van der Waals surface area contributed by atoms with Crippen LogP contribution in [0.1, 0.15) is 23.6 Å². The molecule has 1 aromatic heterocycles. The number of β-amino-alcohol motifs (C(OH)–C–C–N with tert-alkyl or cyclic N) is 1. The quantitative estimate of drug-likeness (QED) is 0.441. The summed E-state index contributed by atoms with van der Waals surface area (Å²) >= 11 is 0. The number of fused-ring (bicyclic) bond motifs is 1. The van der Waals surface area contributed by atoms with E-state index < -0.39 is 22.2 Å². The van der Waals surface area contributed by atoms with Gasteiger partial charge in [0, 0.05) is 32.1 Å². The topological polar surface area (TPSA) is 121 Å². The maximum atomic E-state index is 13.4. The van der Waals surface area contributed by atoms with Crippen molar-refractivity contribution in [3.8, 4) is 5.75 Å². The zero-order chi connectivity index (χ0) is 24.3. The molecule has 0 radical (unpaired) electrons. The lowest BCUT2D eigenvalue weighted by Gasteiger charge is -2.32. The number of furan rings is 1. The third kappa shape index (κ3) is 5.95. The highest BCUT2D eigenvalue weighted by atomic mass is 32.2. The van der Waals surface area contributed by atoms with Gasteiger partial charge in [0.2, 0.25) is 11.8 Å². The van der Waals surface area contributed by atoms with Gasteiger partial charge >= 0.3 is 10.1 Å². The number of likely N-dealkylation sites (tertiary alicyclic amines) is 1. The molecule has 34 heavy (non-hydrogen) atoms. The number of aliphatic hydroxyl groups excluding tert-OH is 1. The Labute approximate surface area is 198 Å². The van der Waals surface area contributed by atoms with Crippen molar-refractivity contribution in [1.29, 1.82) is 0 Å². The number of likely N-dealkylation sites (N-methyl/N-ethyl adjacent to an activating group) is 1. The monoisotopic (exact) mass is 488 g/mol. The predicted octanol–water partition coefficient (Wildman–Crippen LogP) is 2.47. The molecule has 0 saturated carbocycles. The molecule has 2 N–H and O–H groups in total. The summed E-state index contributed by atoms with van der Waals surface area (Å²) in [5.41, 5.74) is 2.34. The Bertz CT molecular complexity index is 1260. The van der Waals surface area contributed by atoms with Crippen molar-refractivity contribution in [2.75, 3.05) is 32.6 Å². The van der Waals surface area contributed by atoms with Crippen LogP contribution in [0.4, 0.5) is 0 Å². The second-order valence-electron chi connectivity index (χ2n) is 8.57. The van der Waals surface area contributed by atoms with Crippen molar-refractivity contribution >= 4 is 27.0 Å². The Morgan fingerprint density at radius 1 is 1.26 bits per heavy atom. The number of ether oxygens (including phenoxy) is 1. The molecule has 0 spiro atoms. The number of carbonyl (C=O) groups excluding carboxylic acids is 1. The number of aliphatic hydroxyl groups is 1. The first-order valence-corrected chi connectivity index (χ1v) is 12.6. The van der Waals surface area contributed by atoms with Crippen LogP contribution in [0.3, 0.4) is 0 Å². The van der Waals surface area contributed by atoms with Gasteiger partial charge < -0.3 is 19.2 Å². The van der Waals surface area contributed by atoms with E-state index in [0.717, 1.165) is 22.1 Å². The number of hydrogen-bond donors (Lipinski definition) is 2. The lowest BCUT2D eigenvalue weighted by molar-refractivity contribution is -0.131. The Hall–Kier alpha value is -2.92. The van der Waals surface area contributed by atoms with E-state index >= 15 is 0 Å². The van der Waals surface area contributed by atoms with E-state index in [9.17, 15) is 18.3 Å². The van der Waals surface area contributed by atoms with Gasteiger partial charge in [-0.05, 0) is 41.8 Å². The van der Waals surface area contributed by atoms with Crippen LogP contribution in [-0.4, -0.2) is 72.5 Å². The first-order valence-electron chi connectivity index (χ1n) is 11.0. The molecule has 0 bridgehead atoms. The zero-order valence-corrected chi connectivity index (χ0v) is 19.6. The number of rotatable bonds is 9. The molecule has 9 nitrogen and oxygen atoms in total. The van der Waals surface area contributed by atoms with Gasteiger partial charge in [-0.15, -0.1) is 0 Å². The molecule has 1 aliphatic heterocycles. The maximum Gasteiger partial charge on any atom is 0.300 e. The van der Waals surface area contributed by atoms with Gasteiger partial charge in [0.1, 0.15) is 11.3 Å². The van der Waals surface area contributed by atoms with Gasteiger partial charge in [-0.1, -0.05) is 24.3 Å². The Morgan fingerprint density at radius 2 is 2.06 bits per heavy atom. The minimum Gasteiger partial charge on any atom is -0.475 e. The number of hydrogen-bond acceptors (Lipinski definition) is 7. The normalized spacial score (nSPS) is 17.7. The van der Waals surface area contributed by atoms with Gasteiger partial charge in [0.15, 0.2) is 0 Å². The van der Waals surface area contributed by atoms with Gasteiger partial charge in [-0.3, -0.25) is 14.2 Å². The second-order valence-corrected chi connectivity index (χ2v) is 9.96. The minimum atomic E-state index is -4.29. The predicted molar refractivity (Wildman–Crippen MR) is 126 cm³/mol. The molecule has 182 valence electrons. The van der Waals surface area contributed by atoms with Gasteiger partial charge in [0.05, 0.1) is 24.8 Å². The number of carbonyl (C=O) groups is 1. The van der Waals surface area contributed by atoms with Crippen LogP contribution >= 0.6 is 0 Å². The Kier molecular flexibility index (Phi) is 7.22.